The fourth-order valence-electron chi connectivity index (χ4n) is 1.75. The molecule has 1 aliphatic rings. The van der Waals surface area contributed by atoms with Crippen LogP contribution in [0.3, 0.4) is 0 Å². The number of ether oxygens (including phenoxy) is 1. The molecule has 1 aliphatic carbocycles. The van der Waals surface area contributed by atoms with Crippen molar-refractivity contribution in [3.63, 3.8) is 0 Å². The molecule has 2 rings (SSSR count). The van der Waals surface area contributed by atoms with Gasteiger partial charge >= 0.3 is 0 Å². The van der Waals surface area contributed by atoms with E-state index in [1.165, 1.54) is 16.7 Å². The van der Waals surface area contributed by atoms with Crippen molar-refractivity contribution in [2.75, 3.05) is 7.11 Å². The quantitative estimate of drug-likeness (QED) is 0.778. The van der Waals surface area contributed by atoms with Crippen molar-refractivity contribution in [1.82, 2.24) is 0 Å². The molecule has 0 amide bonds. The molecule has 0 heterocycles. The number of methoxy groups -OCH3 is 1. The van der Waals surface area contributed by atoms with E-state index in [1.54, 1.807) is 7.11 Å². The van der Waals surface area contributed by atoms with Gasteiger partial charge in [0, 0.05) is 5.54 Å². The van der Waals surface area contributed by atoms with Crippen LogP contribution in [0.15, 0.2) is 12.1 Å². The lowest BCUT2D eigenvalue weighted by atomic mass is 9.99. The van der Waals surface area contributed by atoms with Crippen LogP contribution < -0.4 is 10.5 Å². The Labute approximate surface area is 85.1 Å². The van der Waals surface area contributed by atoms with Gasteiger partial charge in [-0.3, -0.25) is 0 Å². The first kappa shape index (κ1) is 9.53. The second kappa shape index (κ2) is 2.99. The molecule has 1 fully saturated rings. The van der Waals surface area contributed by atoms with Crippen LogP contribution in [-0.4, -0.2) is 7.11 Å². The normalized spacial score (nSPS) is 18.0. The molecular weight excluding hydrogens is 174 g/mol. The molecule has 2 heteroatoms. The van der Waals surface area contributed by atoms with Gasteiger partial charge < -0.3 is 10.5 Å². The summed E-state index contributed by atoms with van der Waals surface area (Å²) in [7, 11) is 1.71. The number of nitrogens with two attached hydrogens (primary N) is 1. The Hall–Kier alpha value is -1.02. The highest BCUT2D eigenvalue weighted by Crippen LogP contribution is 2.44. The second-order valence-electron chi connectivity index (χ2n) is 4.28. The van der Waals surface area contributed by atoms with Crippen LogP contribution in [0.4, 0.5) is 0 Å². The zero-order valence-corrected chi connectivity index (χ0v) is 9.05. The number of rotatable bonds is 2. The van der Waals surface area contributed by atoms with E-state index in [2.05, 4.69) is 26.0 Å². The summed E-state index contributed by atoms with van der Waals surface area (Å²) >= 11 is 0. The van der Waals surface area contributed by atoms with Crippen LogP contribution in [0.1, 0.15) is 29.5 Å². The zero-order valence-electron chi connectivity index (χ0n) is 9.05. The van der Waals surface area contributed by atoms with E-state index in [0.29, 0.717) is 0 Å². The lowest BCUT2D eigenvalue weighted by Crippen LogP contribution is -2.19. The summed E-state index contributed by atoms with van der Waals surface area (Å²) in [6.45, 7) is 4.18. The fraction of sp³-hybridized carbons (Fsp3) is 0.500. The van der Waals surface area contributed by atoms with Crippen LogP contribution in [-0.2, 0) is 5.54 Å². The molecule has 1 aromatic carbocycles. The SMILES string of the molecule is COc1cc(C2(N)CC2)cc(C)c1C. The Kier molecular flexibility index (Phi) is 2.04. The lowest BCUT2D eigenvalue weighted by molar-refractivity contribution is 0.410. The van der Waals surface area contributed by atoms with Crippen LogP contribution in [0.5, 0.6) is 5.75 Å². The second-order valence-corrected chi connectivity index (χ2v) is 4.28. The van der Waals surface area contributed by atoms with Gasteiger partial charge in [0.15, 0.2) is 0 Å². The summed E-state index contributed by atoms with van der Waals surface area (Å²) in [6.07, 6.45) is 2.19. The van der Waals surface area contributed by atoms with E-state index in [-0.39, 0.29) is 5.54 Å². The predicted octanol–water partition coefficient (Wildman–Crippen LogP) is 2.26. The third kappa shape index (κ3) is 1.40. The Morgan fingerprint density at radius 3 is 2.43 bits per heavy atom. The zero-order chi connectivity index (χ0) is 10.3. The minimum Gasteiger partial charge on any atom is -0.496 e. The Morgan fingerprint density at radius 2 is 1.93 bits per heavy atom. The van der Waals surface area contributed by atoms with E-state index >= 15 is 0 Å². The van der Waals surface area contributed by atoms with Crippen molar-refractivity contribution in [2.24, 2.45) is 5.73 Å². The van der Waals surface area contributed by atoms with Gasteiger partial charge in [-0.25, -0.2) is 0 Å². The molecule has 76 valence electrons. The van der Waals surface area contributed by atoms with Gasteiger partial charge in [0.25, 0.3) is 0 Å². The molecule has 0 atom stereocenters. The standard InChI is InChI=1S/C12H17NO/c1-8-6-10(12(13)4-5-12)7-11(14-3)9(8)2/h6-7H,4-5,13H2,1-3H3. The fourth-order valence-corrected chi connectivity index (χ4v) is 1.75. The maximum Gasteiger partial charge on any atom is 0.122 e. The molecule has 0 saturated heterocycles. The average Bonchev–Trinajstić information content (AvgIpc) is 2.89. The highest BCUT2D eigenvalue weighted by Gasteiger charge is 2.40. The molecule has 0 unspecified atom stereocenters. The van der Waals surface area contributed by atoms with Gasteiger partial charge in [-0.1, -0.05) is 6.07 Å². The third-order valence-corrected chi connectivity index (χ3v) is 3.20. The summed E-state index contributed by atoms with van der Waals surface area (Å²) < 4.78 is 5.33. The van der Waals surface area contributed by atoms with Gasteiger partial charge in [-0.05, 0) is 49.4 Å². The van der Waals surface area contributed by atoms with Crippen molar-refractivity contribution in [1.29, 1.82) is 0 Å². The van der Waals surface area contributed by atoms with Gasteiger partial charge in [-0.2, -0.15) is 0 Å². The molecular formula is C12H17NO. The van der Waals surface area contributed by atoms with E-state index in [0.717, 1.165) is 18.6 Å². The van der Waals surface area contributed by atoms with E-state index in [1.807, 2.05) is 0 Å². The minimum absolute atomic E-state index is 0.0637. The minimum atomic E-state index is -0.0637. The largest absolute Gasteiger partial charge is 0.496 e. The molecule has 14 heavy (non-hydrogen) atoms. The summed E-state index contributed by atoms with van der Waals surface area (Å²) in [5.74, 6) is 0.955. The summed E-state index contributed by atoms with van der Waals surface area (Å²) in [5, 5.41) is 0. The smallest absolute Gasteiger partial charge is 0.122 e. The molecule has 0 spiro atoms. The first-order valence-corrected chi connectivity index (χ1v) is 5.01. The number of benzene rings is 1. The Bertz CT molecular complexity index is 367. The predicted molar refractivity (Wildman–Crippen MR) is 57.6 cm³/mol. The van der Waals surface area contributed by atoms with E-state index in [4.69, 9.17) is 10.5 Å². The molecule has 0 radical (unpaired) electrons. The summed E-state index contributed by atoms with van der Waals surface area (Å²) in [4.78, 5) is 0. The van der Waals surface area contributed by atoms with Crippen LogP contribution >= 0.6 is 0 Å². The number of hydrogen-bond acceptors (Lipinski definition) is 2. The van der Waals surface area contributed by atoms with Crippen molar-refractivity contribution < 1.29 is 4.74 Å². The number of aryl methyl sites for hydroxylation is 1. The van der Waals surface area contributed by atoms with Gasteiger partial charge in [-0.15, -0.1) is 0 Å². The van der Waals surface area contributed by atoms with Gasteiger partial charge in [0.1, 0.15) is 5.75 Å². The topological polar surface area (TPSA) is 35.2 Å². The van der Waals surface area contributed by atoms with Crippen LogP contribution in [0.2, 0.25) is 0 Å². The van der Waals surface area contributed by atoms with E-state index < -0.39 is 0 Å². The van der Waals surface area contributed by atoms with Crippen LogP contribution in [0.25, 0.3) is 0 Å². The molecule has 2 N–H and O–H groups in total. The van der Waals surface area contributed by atoms with Crippen molar-refractivity contribution in [3.05, 3.63) is 28.8 Å². The molecule has 0 aromatic heterocycles. The van der Waals surface area contributed by atoms with Crippen molar-refractivity contribution >= 4 is 0 Å². The Morgan fingerprint density at radius 1 is 1.29 bits per heavy atom. The van der Waals surface area contributed by atoms with Crippen LogP contribution in [0, 0.1) is 13.8 Å². The summed E-state index contributed by atoms with van der Waals surface area (Å²) in [6, 6.07) is 4.26. The van der Waals surface area contributed by atoms with Crippen molar-refractivity contribution in [3.8, 4) is 5.75 Å². The molecule has 1 aromatic rings. The molecule has 0 bridgehead atoms. The maximum absolute atomic E-state index is 6.15. The highest BCUT2D eigenvalue weighted by atomic mass is 16.5. The van der Waals surface area contributed by atoms with Crippen molar-refractivity contribution in [2.45, 2.75) is 32.2 Å². The highest BCUT2D eigenvalue weighted by molar-refractivity contribution is 5.46. The first-order chi connectivity index (χ1) is 6.57. The molecule has 2 nitrogen and oxygen atoms in total. The monoisotopic (exact) mass is 191 g/mol. The van der Waals surface area contributed by atoms with Gasteiger partial charge in [0.2, 0.25) is 0 Å². The molecule has 1 saturated carbocycles. The Balaban J connectivity index is 2.48. The first-order valence-electron chi connectivity index (χ1n) is 5.01. The van der Waals surface area contributed by atoms with E-state index in [9.17, 15) is 0 Å². The molecule has 0 aliphatic heterocycles. The van der Waals surface area contributed by atoms with Gasteiger partial charge in [0.05, 0.1) is 7.11 Å². The maximum atomic E-state index is 6.15. The lowest BCUT2D eigenvalue weighted by Gasteiger charge is -2.14. The number of hydrogen-bond donors (Lipinski definition) is 1. The average molecular weight is 191 g/mol. The third-order valence-electron chi connectivity index (χ3n) is 3.20. The summed E-state index contributed by atoms with van der Waals surface area (Å²) in [5.41, 5.74) is 9.78.